The van der Waals surface area contributed by atoms with Crippen LogP contribution in [0, 0.1) is 0 Å². The van der Waals surface area contributed by atoms with Gasteiger partial charge in [0, 0.05) is 92.4 Å². The quantitative estimate of drug-likeness (QED) is 0.114. The molecule has 4 heterocycles. The third kappa shape index (κ3) is 16.1. The summed E-state index contributed by atoms with van der Waals surface area (Å²) in [6.45, 7) is 53.9. The molecular weight excluding hydrogens is 1430 g/mol. The number of hydrogen-bond donors (Lipinski definition) is 4. The molecular formula is C104H116N4O8. The molecule has 0 atom stereocenters. The Balaban J connectivity index is 1.14. The molecule has 0 saturated carbocycles. The number of aromatic nitrogens is 4. The number of fused-ring (bicyclic) bond motifs is 8. The Morgan fingerprint density at radius 3 is 0.552 bits per heavy atom. The fourth-order valence-corrected chi connectivity index (χ4v) is 16.8. The zero-order valence-electron chi connectivity index (χ0n) is 72.5. The molecule has 3 aliphatic rings. The molecule has 12 aromatic rings. The average Bonchev–Trinajstić information content (AvgIpc) is 1.34. The maximum Gasteiger partial charge on any atom is 0.284 e. The first-order chi connectivity index (χ1) is 54.0. The van der Waals surface area contributed by atoms with Gasteiger partial charge >= 0.3 is 0 Å². The molecule has 15 rings (SSSR count). The molecule has 0 unspecified atom stereocenters. The monoisotopic (exact) mass is 1550 g/mol. The second kappa shape index (κ2) is 28.6. The molecule has 10 aromatic carbocycles. The molecule has 8 bridgehead atoms. The zero-order valence-corrected chi connectivity index (χ0v) is 72.5. The lowest BCUT2D eigenvalue weighted by Gasteiger charge is -2.31. The van der Waals surface area contributed by atoms with Crippen LogP contribution in [-0.2, 0) is 69.0 Å². The topological polar surface area (TPSA) is 169 Å². The number of benzene rings is 10. The number of phenolic OH excluding ortho intramolecular Hbond substituents is 4. The number of hydrogen-bond acceptors (Lipinski definition) is 12. The van der Waals surface area contributed by atoms with Crippen molar-refractivity contribution in [3.63, 3.8) is 0 Å². The number of aromatic hydroxyl groups is 4. The van der Waals surface area contributed by atoms with Crippen LogP contribution in [0.4, 0.5) is 0 Å². The lowest BCUT2D eigenvalue weighted by molar-refractivity contribution is 0.388. The molecule has 0 radical (unpaired) electrons. The Morgan fingerprint density at radius 1 is 0.224 bits per heavy atom. The fraction of sp³-hybridized carbons (Fsp3) is 0.385. The van der Waals surface area contributed by atoms with Crippen molar-refractivity contribution in [1.29, 1.82) is 0 Å². The van der Waals surface area contributed by atoms with E-state index < -0.39 is 23.7 Å². The van der Waals surface area contributed by atoms with Crippen molar-refractivity contribution in [1.82, 2.24) is 19.9 Å². The minimum Gasteiger partial charge on any atom is -0.508 e. The van der Waals surface area contributed by atoms with Gasteiger partial charge in [-0.25, -0.2) is 19.9 Å². The molecule has 0 spiro atoms. The van der Waals surface area contributed by atoms with Crippen LogP contribution in [-0.4, -0.2) is 40.4 Å². The normalized spacial score (nSPS) is 16.5. The van der Waals surface area contributed by atoms with Crippen LogP contribution < -0.4 is 18.9 Å². The van der Waals surface area contributed by atoms with Crippen molar-refractivity contribution in [2.24, 2.45) is 0 Å². The third-order valence-electron chi connectivity index (χ3n) is 24.1. The first-order valence-corrected chi connectivity index (χ1v) is 41.4. The number of para-hydroxylation sites is 4. The van der Waals surface area contributed by atoms with E-state index in [1.54, 1.807) is 24.3 Å². The van der Waals surface area contributed by atoms with Crippen LogP contribution >= 0.6 is 0 Å². The standard InChI is InChI=1S/C104H116N4O8/c1-97(2,3)61-33-57(34-62(45-61)98(4,5)6)41-69-73-49-77-71(43-59-37-65(101(13,14)15)47-66(38-59)102(16,17)18)79-51-75(87(111)55-91(79)115-95-93(113-89(77)53-85(73)109)105-81-29-25-27-31-83(81)107-95)70(42-58-35-63(99(7,8)9)46-64(36-58)100(10,11)12)76-52-80-72(44-60-39-67(103(19,20)21)48-68(40-60)104(22,23)24)78-50-74(69)86(110)54-90(78)114-94-96(116-92(80)56-88(76)112)108-84-32-28-26-30-82(84)106-94/h25-40,45-56,69-72,109-112H,41-44H2,1-24H3. The summed E-state index contributed by atoms with van der Waals surface area (Å²) in [5.41, 5.74) is 18.0. The van der Waals surface area contributed by atoms with Gasteiger partial charge in [0.25, 0.3) is 23.5 Å². The van der Waals surface area contributed by atoms with Crippen molar-refractivity contribution in [3.8, 4) is 69.5 Å². The minimum absolute atomic E-state index is 0.0476. The van der Waals surface area contributed by atoms with Gasteiger partial charge in [0.05, 0.1) is 22.1 Å². The summed E-state index contributed by atoms with van der Waals surface area (Å²) in [7, 11) is 0. The van der Waals surface area contributed by atoms with Gasteiger partial charge in [0.1, 0.15) is 46.0 Å². The summed E-state index contributed by atoms with van der Waals surface area (Å²) >= 11 is 0. The van der Waals surface area contributed by atoms with Gasteiger partial charge in [-0.2, -0.15) is 0 Å². The zero-order chi connectivity index (χ0) is 83.4. The maximum atomic E-state index is 13.9. The summed E-state index contributed by atoms with van der Waals surface area (Å²) in [6.07, 6.45) is 1.28. The first kappa shape index (κ1) is 80.5. The Labute approximate surface area is 686 Å². The summed E-state index contributed by atoms with van der Waals surface area (Å²) < 4.78 is 29.5. The highest BCUT2D eigenvalue weighted by Crippen LogP contribution is 2.57. The molecule has 12 heteroatoms. The van der Waals surface area contributed by atoms with Gasteiger partial charge in [0.15, 0.2) is 0 Å². The summed E-state index contributed by atoms with van der Waals surface area (Å²) in [4.78, 5) is 20.8. The van der Waals surface area contributed by atoms with Gasteiger partial charge in [-0.1, -0.05) is 263 Å². The molecule has 0 fully saturated rings. The highest BCUT2D eigenvalue weighted by atomic mass is 16.5. The Bertz CT molecular complexity index is 5220. The van der Waals surface area contributed by atoms with Gasteiger partial charge in [0.2, 0.25) is 0 Å². The average molecular weight is 1550 g/mol. The molecule has 0 saturated heterocycles. The molecule has 2 aromatic heterocycles. The van der Waals surface area contributed by atoms with Gasteiger partial charge in [-0.3, -0.25) is 0 Å². The van der Waals surface area contributed by atoms with Crippen LogP contribution in [0.25, 0.3) is 22.1 Å². The van der Waals surface area contributed by atoms with E-state index in [4.69, 9.17) is 38.9 Å². The molecule has 12 nitrogen and oxygen atoms in total. The highest BCUT2D eigenvalue weighted by molar-refractivity contribution is 5.78. The van der Waals surface area contributed by atoms with E-state index in [0.29, 0.717) is 115 Å². The van der Waals surface area contributed by atoms with Crippen LogP contribution in [0.5, 0.6) is 69.5 Å². The highest BCUT2D eigenvalue weighted by Gasteiger charge is 2.40. The smallest absolute Gasteiger partial charge is 0.284 e. The molecule has 116 heavy (non-hydrogen) atoms. The number of nitrogens with zero attached hydrogens (tertiary/aromatic N) is 4. The Kier molecular flexibility index (Phi) is 19.8. The largest absolute Gasteiger partial charge is 0.508 e. The molecule has 4 N–H and O–H groups in total. The number of ether oxygens (including phenoxy) is 4. The molecule has 0 amide bonds. The van der Waals surface area contributed by atoms with E-state index in [2.05, 4.69) is 263 Å². The van der Waals surface area contributed by atoms with Crippen LogP contribution in [0.2, 0.25) is 0 Å². The van der Waals surface area contributed by atoms with Crippen LogP contribution in [0.1, 0.15) is 301 Å². The van der Waals surface area contributed by atoms with E-state index in [-0.39, 0.29) is 89.8 Å². The van der Waals surface area contributed by atoms with E-state index in [0.717, 1.165) is 66.8 Å². The van der Waals surface area contributed by atoms with Crippen molar-refractivity contribution in [2.45, 2.75) is 259 Å². The molecule has 2 aliphatic heterocycles. The predicted molar refractivity (Wildman–Crippen MR) is 469 cm³/mol. The van der Waals surface area contributed by atoms with Crippen molar-refractivity contribution in [3.05, 3.63) is 281 Å². The van der Waals surface area contributed by atoms with Gasteiger partial charge in [-0.15, -0.1) is 0 Å². The van der Waals surface area contributed by atoms with E-state index >= 15 is 0 Å². The minimum atomic E-state index is -0.827. The maximum absolute atomic E-state index is 13.9. The van der Waals surface area contributed by atoms with Crippen LogP contribution in [0.15, 0.2) is 170 Å². The second-order valence-electron chi connectivity index (χ2n) is 41.6. The number of phenols is 4. The second-order valence-corrected chi connectivity index (χ2v) is 41.6. The Hall–Kier alpha value is -10.7. The van der Waals surface area contributed by atoms with Crippen molar-refractivity contribution in [2.75, 3.05) is 0 Å². The van der Waals surface area contributed by atoms with E-state index in [1.165, 1.54) is 0 Å². The SMILES string of the molecule is CC(C)(C)c1cc(CC2c3cc4c(cc3O)Oc3nc5ccccc5nc3Oc3cc(O)c(cc3C4Cc3cc(C(C)(C)C)cc(C(C)(C)C)c3)C(Cc3cc(C(C)(C)C)cc(C(C)(C)C)c3)c3cc4c(cc3O)Oc3nc5ccccc5nc3Oc3cc(O)c2cc3C4Cc2cc(C(C)(C)C)cc(C(C)(C)C)c2)cc(C(C)(C)C)c1. The number of rotatable bonds is 8. The van der Waals surface area contributed by atoms with Crippen molar-refractivity contribution >= 4 is 22.1 Å². The predicted octanol–water partition coefficient (Wildman–Crippen LogP) is 26.4. The summed E-state index contributed by atoms with van der Waals surface area (Å²) in [6, 6.07) is 58.2. The summed E-state index contributed by atoms with van der Waals surface area (Å²) in [5, 5.41) is 55.6. The fourth-order valence-electron chi connectivity index (χ4n) is 16.8. The van der Waals surface area contributed by atoms with Gasteiger partial charge in [-0.05, 0) is 184 Å². The van der Waals surface area contributed by atoms with Crippen LogP contribution in [0.3, 0.4) is 0 Å². The lowest BCUT2D eigenvalue weighted by Crippen LogP contribution is -2.19. The molecule has 600 valence electrons. The van der Waals surface area contributed by atoms with Gasteiger partial charge < -0.3 is 39.4 Å². The lowest BCUT2D eigenvalue weighted by atomic mass is 9.73. The van der Waals surface area contributed by atoms with Crippen molar-refractivity contribution < 1.29 is 39.4 Å². The third-order valence-corrected chi connectivity index (χ3v) is 24.1. The summed E-state index contributed by atoms with van der Waals surface area (Å²) in [5.74, 6) is -2.05. The van der Waals surface area contributed by atoms with E-state index in [9.17, 15) is 20.4 Å². The first-order valence-electron chi connectivity index (χ1n) is 41.4. The van der Waals surface area contributed by atoms with E-state index in [1.807, 2.05) is 48.5 Å². The Morgan fingerprint density at radius 2 is 0.388 bits per heavy atom. The molecule has 1 aliphatic carbocycles.